The van der Waals surface area contributed by atoms with Gasteiger partial charge in [-0.1, -0.05) is 26.0 Å². The summed E-state index contributed by atoms with van der Waals surface area (Å²) in [6.45, 7) is 8.22. The molecular formula is C26H26N2O3. The number of aromatic nitrogens is 1. The van der Waals surface area contributed by atoms with Crippen LogP contribution in [-0.4, -0.2) is 17.0 Å². The van der Waals surface area contributed by atoms with Gasteiger partial charge in [-0.2, -0.15) is 0 Å². The lowest BCUT2D eigenvalue weighted by Crippen LogP contribution is -2.12. The van der Waals surface area contributed by atoms with E-state index in [0.717, 1.165) is 16.7 Å². The van der Waals surface area contributed by atoms with Crippen LogP contribution in [0, 0.1) is 0 Å². The molecule has 0 atom stereocenters. The molecule has 158 valence electrons. The summed E-state index contributed by atoms with van der Waals surface area (Å²) in [7, 11) is 0. The molecule has 5 nitrogen and oxygen atoms in total. The number of ether oxygens (including phenoxy) is 1. The van der Waals surface area contributed by atoms with Crippen LogP contribution in [0.3, 0.4) is 0 Å². The molecule has 0 spiro atoms. The average molecular weight is 415 g/mol. The van der Waals surface area contributed by atoms with Gasteiger partial charge < -0.3 is 14.5 Å². The Hall–Kier alpha value is -3.60. The van der Waals surface area contributed by atoms with Gasteiger partial charge in [0.2, 0.25) is 5.89 Å². The lowest BCUT2D eigenvalue weighted by Gasteiger charge is -2.11. The van der Waals surface area contributed by atoms with Gasteiger partial charge in [0.25, 0.3) is 5.91 Å². The van der Waals surface area contributed by atoms with E-state index in [2.05, 4.69) is 36.3 Å². The highest BCUT2D eigenvalue weighted by Crippen LogP contribution is 2.28. The van der Waals surface area contributed by atoms with E-state index >= 15 is 0 Å². The summed E-state index contributed by atoms with van der Waals surface area (Å²) in [5.41, 5.74) is 4.94. The molecule has 4 rings (SSSR count). The fourth-order valence-electron chi connectivity index (χ4n) is 3.31. The number of carbonyl (C=O) groups is 1. The highest BCUT2D eigenvalue weighted by Gasteiger charge is 2.12. The van der Waals surface area contributed by atoms with E-state index in [4.69, 9.17) is 9.15 Å². The third-order valence-electron chi connectivity index (χ3n) is 4.94. The van der Waals surface area contributed by atoms with Gasteiger partial charge in [0.15, 0.2) is 5.58 Å². The molecule has 1 N–H and O–H groups in total. The van der Waals surface area contributed by atoms with Crippen LogP contribution in [0.15, 0.2) is 71.1 Å². The molecule has 1 aromatic heterocycles. The molecule has 5 heteroatoms. The first kappa shape index (κ1) is 20.7. The molecule has 0 fully saturated rings. The van der Waals surface area contributed by atoms with E-state index < -0.39 is 0 Å². The minimum absolute atomic E-state index is 0.0506. The number of carbonyl (C=O) groups excluding carboxylic acids is 1. The number of hydrogen-bond donors (Lipinski definition) is 1. The zero-order valence-electron chi connectivity index (χ0n) is 18.2. The summed E-state index contributed by atoms with van der Waals surface area (Å²) in [5.74, 6) is 1.48. The topological polar surface area (TPSA) is 64.4 Å². The first-order valence-electron chi connectivity index (χ1n) is 10.5. The van der Waals surface area contributed by atoms with Crippen molar-refractivity contribution >= 4 is 22.7 Å². The number of hydrogen-bond acceptors (Lipinski definition) is 4. The summed E-state index contributed by atoms with van der Waals surface area (Å²) in [6.07, 6.45) is 0.0506. The second-order valence-electron chi connectivity index (χ2n) is 8.13. The van der Waals surface area contributed by atoms with Crippen LogP contribution in [-0.2, 0) is 0 Å². The predicted molar refractivity (Wildman–Crippen MR) is 124 cm³/mol. The fraction of sp³-hybridized carbons (Fsp3) is 0.231. The number of oxazole rings is 1. The lowest BCUT2D eigenvalue weighted by atomic mass is 10.0. The quantitative estimate of drug-likeness (QED) is 0.383. The van der Waals surface area contributed by atoms with Crippen molar-refractivity contribution in [2.45, 2.75) is 39.7 Å². The number of nitrogens with one attached hydrogen (secondary N) is 1. The van der Waals surface area contributed by atoms with E-state index in [0.29, 0.717) is 28.8 Å². The van der Waals surface area contributed by atoms with Gasteiger partial charge in [-0.05, 0) is 79.9 Å². The van der Waals surface area contributed by atoms with Crippen LogP contribution in [0.25, 0.3) is 22.6 Å². The molecule has 31 heavy (non-hydrogen) atoms. The maximum Gasteiger partial charge on any atom is 0.255 e. The first-order chi connectivity index (χ1) is 14.9. The lowest BCUT2D eigenvalue weighted by molar-refractivity contribution is 0.102. The fourth-order valence-corrected chi connectivity index (χ4v) is 3.31. The van der Waals surface area contributed by atoms with Crippen molar-refractivity contribution in [2.24, 2.45) is 0 Å². The Kier molecular flexibility index (Phi) is 5.76. The van der Waals surface area contributed by atoms with Crippen molar-refractivity contribution in [3.63, 3.8) is 0 Å². The van der Waals surface area contributed by atoms with Gasteiger partial charge in [-0.3, -0.25) is 4.79 Å². The van der Waals surface area contributed by atoms with Crippen molar-refractivity contribution in [2.75, 3.05) is 5.32 Å². The molecular weight excluding hydrogens is 388 g/mol. The highest BCUT2D eigenvalue weighted by atomic mass is 16.5. The second kappa shape index (κ2) is 8.64. The Morgan fingerprint density at radius 2 is 1.74 bits per heavy atom. The predicted octanol–water partition coefficient (Wildman–Crippen LogP) is 6.66. The smallest absolute Gasteiger partial charge is 0.255 e. The first-order valence-corrected chi connectivity index (χ1v) is 10.5. The number of nitrogens with zero attached hydrogens (tertiary/aromatic N) is 1. The van der Waals surface area contributed by atoms with Gasteiger partial charge in [0.05, 0.1) is 6.10 Å². The Bertz CT molecular complexity index is 1210. The van der Waals surface area contributed by atoms with Gasteiger partial charge in [0, 0.05) is 16.8 Å². The maximum absolute atomic E-state index is 12.6. The normalized spacial score (nSPS) is 11.3. The van der Waals surface area contributed by atoms with E-state index in [9.17, 15) is 4.79 Å². The van der Waals surface area contributed by atoms with Crippen LogP contribution in [0.4, 0.5) is 5.69 Å². The second-order valence-corrected chi connectivity index (χ2v) is 8.13. The van der Waals surface area contributed by atoms with Crippen molar-refractivity contribution in [1.82, 2.24) is 4.98 Å². The largest absolute Gasteiger partial charge is 0.491 e. The molecule has 0 bridgehead atoms. The van der Waals surface area contributed by atoms with Crippen LogP contribution in [0.2, 0.25) is 0 Å². The van der Waals surface area contributed by atoms with Crippen molar-refractivity contribution in [1.29, 1.82) is 0 Å². The Labute approximate surface area is 182 Å². The third kappa shape index (κ3) is 4.77. The highest BCUT2D eigenvalue weighted by molar-refractivity contribution is 6.04. The van der Waals surface area contributed by atoms with Crippen LogP contribution in [0.1, 0.15) is 49.5 Å². The number of anilines is 1. The summed E-state index contributed by atoms with van der Waals surface area (Å²) in [6, 6.07) is 20.7. The Morgan fingerprint density at radius 1 is 0.968 bits per heavy atom. The minimum Gasteiger partial charge on any atom is -0.491 e. The van der Waals surface area contributed by atoms with E-state index in [1.165, 1.54) is 5.56 Å². The van der Waals surface area contributed by atoms with Crippen molar-refractivity contribution in [3.05, 3.63) is 77.9 Å². The van der Waals surface area contributed by atoms with Gasteiger partial charge >= 0.3 is 0 Å². The Balaban J connectivity index is 1.49. The van der Waals surface area contributed by atoms with Gasteiger partial charge in [0.1, 0.15) is 11.3 Å². The van der Waals surface area contributed by atoms with Crippen LogP contribution in [0.5, 0.6) is 5.75 Å². The van der Waals surface area contributed by atoms with E-state index in [1.807, 2.05) is 56.3 Å². The van der Waals surface area contributed by atoms with Crippen molar-refractivity contribution in [3.8, 4) is 17.2 Å². The van der Waals surface area contributed by atoms with Crippen LogP contribution >= 0.6 is 0 Å². The van der Waals surface area contributed by atoms with Crippen molar-refractivity contribution < 1.29 is 13.9 Å². The molecule has 1 heterocycles. The number of rotatable bonds is 6. The summed E-state index contributed by atoms with van der Waals surface area (Å²) < 4.78 is 11.6. The number of benzene rings is 3. The third-order valence-corrected chi connectivity index (χ3v) is 4.94. The number of amides is 1. The van der Waals surface area contributed by atoms with Gasteiger partial charge in [-0.25, -0.2) is 4.98 Å². The van der Waals surface area contributed by atoms with E-state index in [1.54, 1.807) is 12.1 Å². The molecule has 3 aromatic carbocycles. The molecule has 1 amide bonds. The zero-order valence-corrected chi connectivity index (χ0v) is 18.2. The summed E-state index contributed by atoms with van der Waals surface area (Å²) in [4.78, 5) is 17.2. The molecule has 0 aliphatic heterocycles. The standard InChI is InChI=1S/C26H26N2O3/c1-16(2)19-10-13-24-23(15-19)28-26(31-24)18-8-11-21(12-9-18)27-25(29)20-6-5-7-22(14-20)30-17(3)4/h5-17H,1-4H3,(H,27,29). The maximum atomic E-state index is 12.6. The minimum atomic E-state index is -0.190. The van der Waals surface area contributed by atoms with Gasteiger partial charge in [-0.15, -0.1) is 0 Å². The molecule has 4 aromatic rings. The van der Waals surface area contributed by atoms with Crippen LogP contribution < -0.4 is 10.1 Å². The molecule has 0 aliphatic rings. The SMILES string of the molecule is CC(C)Oc1cccc(C(=O)Nc2ccc(-c3nc4cc(C(C)C)ccc4o3)cc2)c1. The molecule has 0 saturated heterocycles. The summed E-state index contributed by atoms with van der Waals surface area (Å²) in [5, 5.41) is 2.92. The average Bonchev–Trinajstić information content (AvgIpc) is 3.17. The summed E-state index contributed by atoms with van der Waals surface area (Å²) >= 11 is 0. The zero-order chi connectivity index (χ0) is 22.0. The molecule has 0 unspecified atom stereocenters. The Morgan fingerprint density at radius 3 is 2.45 bits per heavy atom. The molecule has 0 radical (unpaired) electrons. The monoisotopic (exact) mass is 414 g/mol. The molecule has 0 saturated carbocycles. The molecule has 0 aliphatic carbocycles. The van der Waals surface area contributed by atoms with E-state index in [-0.39, 0.29) is 12.0 Å². The number of fused-ring (bicyclic) bond motifs is 1.